The van der Waals surface area contributed by atoms with Gasteiger partial charge in [0.05, 0.1) is 6.54 Å². The number of benzene rings is 1. The quantitative estimate of drug-likeness (QED) is 0.851. The molecule has 106 valence electrons. The van der Waals surface area contributed by atoms with Gasteiger partial charge in [-0.15, -0.1) is 0 Å². The third-order valence-electron chi connectivity index (χ3n) is 3.68. The van der Waals surface area contributed by atoms with Crippen LogP contribution in [0.2, 0.25) is 0 Å². The highest BCUT2D eigenvalue weighted by Gasteiger charge is 2.19. The van der Waals surface area contributed by atoms with Crippen LogP contribution in [0.3, 0.4) is 0 Å². The Hall–Kier alpha value is -1.88. The average Bonchev–Trinajstić information content (AvgIpc) is 2.97. The lowest BCUT2D eigenvalue weighted by atomic mass is 10.2. The van der Waals surface area contributed by atoms with E-state index in [2.05, 4.69) is 50.3 Å². The van der Waals surface area contributed by atoms with Crippen LogP contribution >= 0.6 is 0 Å². The second kappa shape index (κ2) is 6.05. The third kappa shape index (κ3) is 2.99. The van der Waals surface area contributed by atoms with Gasteiger partial charge in [0.25, 0.3) is 0 Å². The highest BCUT2D eigenvalue weighted by atomic mass is 16.5. The molecule has 5 nitrogen and oxygen atoms in total. The summed E-state index contributed by atoms with van der Waals surface area (Å²) in [7, 11) is 0. The van der Waals surface area contributed by atoms with Crippen LogP contribution in [0.4, 0.5) is 5.69 Å². The first kappa shape index (κ1) is 13.1. The number of aryl methyl sites for hydroxylation is 1. The summed E-state index contributed by atoms with van der Waals surface area (Å²) in [6.45, 7) is 6.93. The summed E-state index contributed by atoms with van der Waals surface area (Å²) in [5.41, 5.74) is 1.30. The maximum absolute atomic E-state index is 5.25. The molecule has 0 spiro atoms. The summed E-state index contributed by atoms with van der Waals surface area (Å²) in [5.74, 6) is 1.53. The minimum atomic E-state index is 0.731. The maximum Gasteiger partial charge on any atom is 0.240 e. The summed E-state index contributed by atoms with van der Waals surface area (Å²) in [6, 6.07) is 10.6. The van der Waals surface area contributed by atoms with Crippen LogP contribution in [0.1, 0.15) is 18.6 Å². The first-order valence-electron chi connectivity index (χ1n) is 7.19. The molecule has 1 aliphatic rings. The van der Waals surface area contributed by atoms with E-state index in [1.54, 1.807) is 0 Å². The summed E-state index contributed by atoms with van der Waals surface area (Å²) < 4.78 is 5.25. The van der Waals surface area contributed by atoms with E-state index in [1.807, 2.05) is 6.92 Å². The van der Waals surface area contributed by atoms with Gasteiger partial charge in [-0.1, -0.05) is 30.3 Å². The van der Waals surface area contributed by atoms with Crippen LogP contribution in [0.5, 0.6) is 0 Å². The molecule has 1 aromatic carbocycles. The van der Waals surface area contributed by atoms with Gasteiger partial charge in [0.1, 0.15) is 0 Å². The van der Waals surface area contributed by atoms with E-state index in [-0.39, 0.29) is 0 Å². The number of nitrogens with zero attached hydrogens (tertiary/aromatic N) is 4. The molecular weight excluding hydrogens is 252 g/mol. The summed E-state index contributed by atoms with van der Waals surface area (Å²) in [4.78, 5) is 9.15. The van der Waals surface area contributed by atoms with E-state index in [0.717, 1.165) is 50.9 Å². The smallest absolute Gasteiger partial charge is 0.240 e. The Morgan fingerprint density at radius 2 is 1.85 bits per heavy atom. The first-order chi connectivity index (χ1) is 9.85. The monoisotopic (exact) mass is 272 g/mol. The molecule has 2 aromatic rings. The lowest BCUT2D eigenvalue weighted by molar-refractivity contribution is 0.215. The molecule has 0 saturated carbocycles. The minimum absolute atomic E-state index is 0.731. The number of hydrogen-bond donors (Lipinski definition) is 0. The Labute approximate surface area is 119 Å². The van der Waals surface area contributed by atoms with Crippen molar-refractivity contribution >= 4 is 5.69 Å². The molecule has 1 saturated heterocycles. The molecule has 0 N–H and O–H groups in total. The lowest BCUT2D eigenvalue weighted by Crippen LogP contribution is -2.46. The zero-order chi connectivity index (χ0) is 13.8. The second-order valence-corrected chi connectivity index (χ2v) is 5.06. The van der Waals surface area contributed by atoms with E-state index >= 15 is 0 Å². The minimum Gasteiger partial charge on any atom is -0.369 e. The number of hydrogen-bond acceptors (Lipinski definition) is 5. The van der Waals surface area contributed by atoms with Crippen molar-refractivity contribution in [2.24, 2.45) is 0 Å². The molecule has 0 radical (unpaired) electrons. The highest BCUT2D eigenvalue weighted by Crippen LogP contribution is 2.16. The van der Waals surface area contributed by atoms with E-state index in [4.69, 9.17) is 4.52 Å². The molecule has 0 atom stereocenters. The van der Waals surface area contributed by atoms with Crippen LogP contribution in [0.15, 0.2) is 34.9 Å². The van der Waals surface area contributed by atoms with Crippen LogP contribution in [-0.2, 0) is 13.0 Å². The van der Waals surface area contributed by atoms with Gasteiger partial charge in [0.15, 0.2) is 5.82 Å². The fraction of sp³-hybridized carbons (Fsp3) is 0.467. The van der Waals surface area contributed by atoms with Gasteiger partial charge in [-0.2, -0.15) is 4.98 Å². The van der Waals surface area contributed by atoms with Crippen molar-refractivity contribution in [3.63, 3.8) is 0 Å². The third-order valence-corrected chi connectivity index (χ3v) is 3.68. The van der Waals surface area contributed by atoms with Crippen molar-refractivity contribution in [3.8, 4) is 0 Å². The van der Waals surface area contributed by atoms with Gasteiger partial charge >= 0.3 is 0 Å². The van der Waals surface area contributed by atoms with Crippen LogP contribution in [0, 0.1) is 0 Å². The largest absolute Gasteiger partial charge is 0.369 e. The summed E-state index contributed by atoms with van der Waals surface area (Å²) in [6.07, 6.45) is 0.825. The maximum atomic E-state index is 5.25. The molecule has 0 aliphatic carbocycles. The van der Waals surface area contributed by atoms with Gasteiger partial charge < -0.3 is 9.42 Å². The van der Waals surface area contributed by atoms with Crippen molar-refractivity contribution in [1.82, 2.24) is 15.0 Å². The lowest BCUT2D eigenvalue weighted by Gasteiger charge is -2.35. The molecule has 2 heterocycles. The van der Waals surface area contributed by atoms with Gasteiger partial charge in [-0.3, -0.25) is 4.90 Å². The first-order valence-corrected chi connectivity index (χ1v) is 7.19. The fourth-order valence-electron chi connectivity index (χ4n) is 2.49. The summed E-state index contributed by atoms with van der Waals surface area (Å²) >= 11 is 0. The topological polar surface area (TPSA) is 45.4 Å². The predicted molar refractivity (Wildman–Crippen MR) is 77.6 cm³/mol. The predicted octanol–water partition coefficient (Wildman–Crippen LogP) is 1.95. The van der Waals surface area contributed by atoms with Gasteiger partial charge in [0, 0.05) is 38.3 Å². The number of aromatic nitrogens is 2. The molecule has 1 aromatic heterocycles. The molecule has 20 heavy (non-hydrogen) atoms. The van der Waals surface area contributed by atoms with E-state index < -0.39 is 0 Å². The molecule has 3 rings (SSSR count). The molecule has 5 heteroatoms. The molecule has 0 unspecified atom stereocenters. The SMILES string of the molecule is CCc1noc(CN2CCN(c3ccccc3)CC2)n1. The second-order valence-electron chi connectivity index (χ2n) is 5.06. The molecule has 1 aliphatic heterocycles. The zero-order valence-electron chi connectivity index (χ0n) is 11.8. The normalized spacial score (nSPS) is 16.6. The number of rotatable bonds is 4. The van der Waals surface area contributed by atoms with E-state index in [9.17, 15) is 0 Å². The van der Waals surface area contributed by atoms with Crippen molar-refractivity contribution in [2.45, 2.75) is 19.9 Å². The molecule has 0 bridgehead atoms. The molecule has 1 fully saturated rings. The van der Waals surface area contributed by atoms with Crippen LogP contribution in [0.25, 0.3) is 0 Å². The Morgan fingerprint density at radius 3 is 2.50 bits per heavy atom. The number of anilines is 1. The molecular formula is C15H20N4O. The Balaban J connectivity index is 1.53. The van der Waals surface area contributed by atoms with Crippen molar-refractivity contribution in [1.29, 1.82) is 0 Å². The fourth-order valence-corrected chi connectivity index (χ4v) is 2.49. The highest BCUT2D eigenvalue weighted by molar-refractivity contribution is 5.46. The van der Waals surface area contributed by atoms with Crippen molar-refractivity contribution in [3.05, 3.63) is 42.0 Å². The Kier molecular flexibility index (Phi) is 3.97. The number of para-hydroxylation sites is 1. The Bertz CT molecular complexity index is 532. The zero-order valence-corrected chi connectivity index (χ0v) is 11.8. The average molecular weight is 272 g/mol. The standard InChI is InChI=1S/C15H20N4O/c1-2-14-16-15(20-17-14)12-18-8-10-19(11-9-18)13-6-4-3-5-7-13/h3-7H,2,8-12H2,1H3. The van der Waals surface area contributed by atoms with Gasteiger partial charge in [-0.25, -0.2) is 0 Å². The van der Waals surface area contributed by atoms with Crippen LogP contribution < -0.4 is 4.90 Å². The van der Waals surface area contributed by atoms with E-state index in [1.165, 1.54) is 5.69 Å². The van der Waals surface area contributed by atoms with Crippen molar-refractivity contribution < 1.29 is 4.52 Å². The Morgan fingerprint density at radius 1 is 1.10 bits per heavy atom. The molecule has 0 amide bonds. The van der Waals surface area contributed by atoms with Crippen LogP contribution in [-0.4, -0.2) is 41.2 Å². The van der Waals surface area contributed by atoms with Gasteiger partial charge in [0.2, 0.25) is 5.89 Å². The summed E-state index contributed by atoms with van der Waals surface area (Å²) in [5, 5.41) is 3.94. The van der Waals surface area contributed by atoms with Gasteiger partial charge in [-0.05, 0) is 12.1 Å². The van der Waals surface area contributed by atoms with Crippen molar-refractivity contribution in [2.75, 3.05) is 31.1 Å². The number of piperazine rings is 1. The van der Waals surface area contributed by atoms with E-state index in [0.29, 0.717) is 0 Å².